The monoisotopic (exact) mass is 259 g/mol. The van der Waals surface area contributed by atoms with E-state index in [2.05, 4.69) is 4.90 Å². The van der Waals surface area contributed by atoms with Crippen LogP contribution in [0.2, 0.25) is 0 Å². The van der Waals surface area contributed by atoms with Gasteiger partial charge in [-0.2, -0.15) is 0 Å². The van der Waals surface area contributed by atoms with Crippen molar-refractivity contribution in [3.63, 3.8) is 0 Å². The molecule has 0 aromatic carbocycles. The second-order valence-electron chi connectivity index (χ2n) is 5.63. The number of hydrogen-bond donors (Lipinski definition) is 3. The van der Waals surface area contributed by atoms with Crippen LogP contribution in [0, 0.1) is 10.8 Å². The third-order valence-electron chi connectivity index (χ3n) is 3.20. The summed E-state index contributed by atoms with van der Waals surface area (Å²) < 4.78 is 4.89. The Morgan fingerprint density at radius 3 is 2.56 bits per heavy atom. The Morgan fingerprint density at radius 2 is 2.06 bits per heavy atom. The van der Waals surface area contributed by atoms with Gasteiger partial charge in [0.15, 0.2) is 0 Å². The maximum Gasteiger partial charge on any atom is 0.0963 e. The van der Waals surface area contributed by atoms with E-state index >= 15 is 0 Å². The van der Waals surface area contributed by atoms with E-state index in [1.807, 2.05) is 20.9 Å². The summed E-state index contributed by atoms with van der Waals surface area (Å²) in [5.41, 5.74) is 5.34. The fourth-order valence-electron chi connectivity index (χ4n) is 1.78. The Kier molecular flexibility index (Phi) is 8.15. The van der Waals surface area contributed by atoms with Crippen LogP contribution in [-0.4, -0.2) is 55.8 Å². The molecule has 0 fully saturated rings. The molecular weight excluding hydrogens is 230 g/mol. The molecule has 108 valence electrons. The van der Waals surface area contributed by atoms with E-state index in [0.29, 0.717) is 13.2 Å². The highest BCUT2D eigenvalue weighted by Gasteiger charge is 2.20. The minimum Gasteiger partial charge on any atom is -0.389 e. The molecule has 0 saturated heterocycles. The molecule has 0 aromatic heterocycles. The van der Waals surface area contributed by atoms with Gasteiger partial charge in [0, 0.05) is 19.1 Å². The van der Waals surface area contributed by atoms with Crippen molar-refractivity contribution in [2.24, 2.45) is 11.1 Å². The molecule has 0 saturated carbocycles. The lowest BCUT2D eigenvalue weighted by Gasteiger charge is -2.24. The van der Waals surface area contributed by atoms with Gasteiger partial charge in [0.05, 0.1) is 18.5 Å². The molecule has 0 aliphatic rings. The molecule has 0 aromatic rings. The fourth-order valence-corrected chi connectivity index (χ4v) is 1.78. The van der Waals surface area contributed by atoms with Crippen molar-refractivity contribution in [1.29, 1.82) is 5.41 Å². The molecular formula is C13H29N3O2. The normalized spacial score (nSPS) is 13.9. The highest BCUT2D eigenvalue weighted by Crippen LogP contribution is 2.22. The molecule has 5 nitrogen and oxygen atoms in total. The van der Waals surface area contributed by atoms with Crippen LogP contribution in [0.1, 0.15) is 33.1 Å². The Labute approximate surface area is 111 Å². The number of amidine groups is 1. The third-order valence-corrected chi connectivity index (χ3v) is 3.20. The minimum absolute atomic E-state index is 0.200. The minimum atomic E-state index is -0.423. The molecule has 4 N–H and O–H groups in total. The highest BCUT2D eigenvalue weighted by molar-refractivity contribution is 5.82. The first kappa shape index (κ1) is 17.4. The second kappa shape index (κ2) is 8.45. The number of nitrogens with two attached hydrogens (primary N) is 1. The first-order chi connectivity index (χ1) is 8.29. The molecule has 18 heavy (non-hydrogen) atoms. The second-order valence-corrected chi connectivity index (χ2v) is 5.63. The molecule has 0 aliphatic carbocycles. The third kappa shape index (κ3) is 7.63. The Morgan fingerprint density at radius 1 is 1.44 bits per heavy atom. The van der Waals surface area contributed by atoms with Gasteiger partial charge in [-0.1, -0.05) is 20.3 Å². The number of rotatable bonds is 10. The van der Waals surface area contributed by atoms with Crippen LogP contribution >= 0.6 is 0 Å². The molecule has 0 aliphatic heterocycles. The summed E-state index contributed by atoms with van der Waals surface area (Å²) in [7, 11) is 3.59. The lowest BCUT2D eigenvalue weighted by Crippen LogP contribution is -2.33. The van der Waals surface area contributed by atoms with E-state index in [0.717, 1.165) is 25.8 Å². The van der Waals surface area contributed by atoms with Crippen molar-refractivity contribution < 1.29 is 9.84 Å². The van der Waals surface area contributed by atoms with Gasteiger partial charge in [-0.05, 0) is 26.4 Å². The fraction of sp³-hybridized carbons (Fsp3) is 0.923. The topological polar surface area (TPSA) is 82.6 Å². The maximum atomic E-state index is 9.57. The molecule has 5 heteroatoms. The van der Waals surface area contributed by atoms with Crippen LogP contribution in [0.3, 0.4) is 0 Å². The molecule has 0 amide bonds. The van der Waals surface area contributed by atoms with Gasteiger partial charge in [-0.15, -0.1) is 0 Å². The summed E-state index contributed by atoms with van der Waals surface area (Å²) in [6, 6.07) is 0. The van der Waals surface area contributed by atoms with Crippen LogP contribution < -0.4 is 5.73 Å². The summed E-state index contributed by atoms with van der Waals surface area (Å²) in [5.74, 6) is 0.256. The van der Waals surface area contributed by atoms with E-state index < -0.39 is 6.10 Å². The average Bonchev–Trinajstić information content (AvgIpc) is 2.24. The predicted octanol–water partition coefficient (Wildman–Crippen LogP) is 1.06. The molecule has 0 bridgehead atoms. The Bertz CT molecular complexity index is 244. The average molecular weight is 259 g/mol. The van der Waals surface area contributed by atoms with Crippen molar-refractivity contribution in [1.82, 2.24) is 4.90 Å². The SMILES string of the molecule is COCC(O)CN(C)CCCCC(C)(C)C(=N)N. The van der Waals surface area contributed by atoms with Gasteiger partial charge in [-0.3, -0.25) is 5.41 Å². The van der Waals surface area contributed by atoms with Crippen LogP contribution in [0.5, 0.6) is 0 Å². The van der Waals surface area contributed by atoms with Gasteiger partial charge in [-0.25, -0.2) is 0 Å². The highest BCUT2D eigenvalue weighted by atomic mass is 16.5. The molecule has 1 unspecified atom stereocenters. The van der Waals surface area contributed by atoms with Crippen molar-refractivity contribution >= 4 is 5.84 Å². The molecule has 0 rings (SSSR count). The van der Waals surface area contributed by atoms with Crippen LogP contribution in [0.15, 0.2) is 0 Å². The van der Waals surface area contributed by atoms with Crippen LogP contribution in [0.25, 0.3) is 0 Å². The number of nitrogens with one attached hydrogen (secondary N) is 1. The van der Waals surface area contributed by atoms with Crippen molar-refractivity contribution in [2.45, 2.75) is 39.2 Å². The number of ether oxygens (including phenoxy) is 1. The van der Waals surface area contributed by atoms with E-state index in [1.54, 1.807) is 7.11 Å². The van der Waals surface area contributed by atoms with E-state index in [-0.39, 0.29) is 11.3 Å². The Balaban J connectivity index is 3.69. The Hall–Kier alpha value is -0.650. The molecule has 0 heterocycles. The first-order valence-corrected chi connectivity index (χ1v) is 6.49. The standard InChI is InChI=1S/C13H29N3O2/c1-13(2,12(14)15)7-5-6-8-16(3)9-11(17)10-18-4/h11,17H,5-10H2,1-4H3,(H3,14,15). The number of unbranched alkanes of at least 4 members (excludes halogenated alkanes) is 1. The van der Waals surface area contributed by atoms with Gasteiger partial charge < -0.3 is 20.5 Å². The largest absolute Gasteiger partial charge is 0.389 e. The van der Waals surface area contributed by atoms with Crippen molar-refractivity contribution in [3.05, 3.63) is 0 Å². The van der Waals surface area contributed by atoms with Crippen molar-refractivity contribution in [2.75, 3.05) is 33.9 Å². The lowest BCUT2D eigenvalue weighted by molar-refractivity contribution is 0.0429. The zero-order chi connectivity index (χ0) is 14.2. The lowest BCUT2D eigenvalue weighted by atomic mass is 9.86. The molecule has 1 atom stereocenters. The number of methoxy groups -OCH3 is 1. The molecule has 0 spiro atoms. The number of aliphatic hydroxyl groups excluding tert-OH is 1. The van der Waals surface area contributed by atoms with Crippen molar-refractivity contribution in [3.8, 4) is 0 Å². The van der Waals surface area contributed by atoms with Gasteiger partial charge in [0.2, 0.25) is 0 Å². The summed E-state index contributed by atoms with van der Waals surface area (Å²) in [6.07, 6.45) is 2.59. The summed E-state index contributed by atoms with van der Waals surface area (Å²) in [4.78, 5) is 2.10. The summed E-state index contributed by atoms with van der Waals surface area (Å²) in [6.45, 7) is 5.95. The van der Waals surface area contributed by atoms with Gasteiger partial charge in [0.25, 0.3) is 0 Å². The number of likely N-dealkylation sites (N-methyl/N-ethyl adjacent to an activating group) is 1. The van der Waals surface area contributed by atoms with E-state index in [1.165, 1.54) is 0 Å². The zero-order valence-corrected chi connectivity index (χ0v) is 12.2. The van der Waals surface area contributed by atoms with Gasteiger partial charge >= 0.3 is 0 Å². The molecule has 0 radical (unpaired) electrons. The number of aliphatic hydroxyl groups is 1. The summed E-state index contributed by atoms with van der Waals surface area (Å²) >= 11 is 0. The number of hydrogen-bond acceptors (Lipinski definition) is 4. The number of nitrogens with zero attached hydrogens (tertiary/aromatic N) is 1. The van der Waals surface area contributed by atoms with Gasteiger partial charge in [0.1, 0.15) is 0 Å². The zero-order valence-electron chi connectivity index (χ0n) is 12.2. The summed E-state index contributed by atoms with van der Waals surface area (Å²) in [5, 5.41) is 17.0. The predicted molar refractivity (Wildman–Crippen MR) is 74.9 cm³/mol. The van der Waals surface area contributed by atoms with E-state index in [9.17, 15) is 5.11 Å². The smallest absolute Gasteiger partial charge is 0.0963 e. The maximum absolute atomic E-state index is 9.57. The first-order valence-electron chi connectivity index (χ1n) is 6.49. The quantitative estimate of drug-likeness (QED) is 0.311. The van der Waals surface area contributed by atoms with Crippen LogP contribution in [-0.2, 0) is 4.74 Å². The van der Waals surface area contributed by atoms with Crippen LogP contribution in [0.4, 0.5) is 0 Å². The van der Waals surface area contributed by atoms with E-state index in [4.69, 9.17) is 15.9 Å².